The normalized spacial score (nSPS) is 28.5. The van der Waals surface area contributed by atoms with Gasteiger partial charge in [0.1, 0.15) is 41.7 Å². The summed E-state index contributed by atoms with van der Waals surface area (Å²) < 4.78 is 7.52. The molecule has 2 aromatic heterocycles. The summed E-state index contributed by atoms with van der Waals surface area (Å²) in [5.74, 6) is 1.93. The van der Waals surface area contributed by atoms with Gasteiger partial charge in [0, 0.05) is 6.42 Å². The van der Waals surface area contributed by atoms with Gasteiger partial charge < -0.3 is 26.4 Å². The monoisotopic (exact) mass is 355 g/mol. The Morgan fingerprint density at radius 2 is 2.08 bits per heavy atom. The second-order valence-corrected chi connectivity index (χ2v) is 8.23. The molecule has 1 aliphatic rings. The maximum Gasteiger partial charge on any atom is 0.167 e. The zero-order chi connectivity index (χ0) is 17.3. The van der Waals surface area contributed by atoms with E-state index in [1.54, 1.807) is 4.57 Å². The Balaban J connectivity index is 1.78. The molecular formula is C14H23N6O3S+. The van der Waals surface area contributed by atoms with Crippen LogP contribution >= 0.6 is 0 Å². The summed E-state index contributed by atoms with van der Waals surface area (Å²) >= 11 is 0. The van der Waals surface area contributed by atoms with Crippen molar-refractivity contribution in [2.24, 2.45) is 5.73 Å². The quantitative estimate of drug-likeness (QED) is 0.464. The molecule has 0 aliphatic carbocycles. The summed E-state index contributed by atoms with van der Waals surface area (Å²) in [5.41, 5.74) is 12.2. The maximum absolute atomic E-state index is 10.4. The third-order valence-electron chi connectivity index (χ3n) is 4.14. The number of hydrogen-bond donors (Lipinski definition) is 4. The molecule has 5 unspecified atom stereocenters. The van der Waals surface area contributed by atoms with Crippen molar-refractivity contribution in [2.45, 2.75) is 31.0 Å². The van der Waals surface area contributed by atoms with Gasteiger partial charge in [-0.2, -0.15) is 0 Å². The van der Waals surface area contributed by atoms with Crippen LogP contribution in [0.4, 0.5) is 5.82 Å². The molecule has 6 N–H and O–H groups in total. The number of fused-ring (bicyclic) bond motifs is 1. The third-order valence-corrected chi connectivity index (χ3v) is 6.03. The molecule has 0 aromatic carbocycles. The second-order valence-electron chi connectivity index (χ2n) is 5.92. The van der Waals surface area contributed by atoms with Crippen molar-refractivity contribution < 1.29 is 14.9 Å². The van der Waals surface area contributed by atoms with Crippen LogP contribution in [0.1, 0.15) is 12.6 Å². The molecule has 24 heavy (non-hydrogen) atoms. The Bertz CT molecular complexity index is 698. The average Bonchev–Trinajstić information content (AvgIpc) is 3.10. The SMILES string of the molecule is C[S+](CCCN)CC1OC(n2cnc3c(N)ncnc32)C(O)C1O. The van der Waals surface area contributed by atoms with Crippen molar-refractivity contribution in [1.82, 2.24) is 19.5 Å². The summed E-state index contributed by atoms with van der Waals surface area (Å²) in [5, 5.41) is 20.7. The Morgan fingerprint density at radius 1 is 1.29 bits per heavy atom. The molecule has 0 amide bonds. The minimum atomic E-state index is -1.06. The highest BCUT2D eigenvalue weighted by atomic mass is 32.2. The van der Waals surface area contributed by atoms with E-state index in [-0.39, 0.29) is 16.7 Å². The molecule has 5 atom stereocenters. The molecule has 1 aliphatic heterocycles. The van der Waals surface area contributed by atoms with Gasteiger partial charge in [0.2, 0.25) is 0 Å². The van der Waals surface area contributed by atoms with Crippen molar-refractivity contribution in [1.29, 1.82) is 0 Å². The molecule has 3 heterocycles. The predicted molar refractivity (Wildman–Crippen MR) is 92.4 cm³/mol. The summed E-state index contributed by atoms with van der Waals surface area (Å²) in [4.78, 5) is 12.2. The van der Waals surface area contributed by atoms with Gasteiger partial charge in [0.15, 0.2) is 17.7 Å². The van der Waals surface area contributed by atoms with Crippen LogP contribution in [-0.2, 0) is 15.6 Å². The molecule has 9 nitrogen and oxygen atoms in total. The molecule has 10 heteroatoms. The lowest BCUT2D eigenvalue weighted by Crippen LogP contribution is -2.35. The third kappa shape index (κ3) is 3.20. The van der Waals surface area contributed by atoms with Crippen LogP contribution in [-0.4, -0.2) is 72.4 Å². The fourth-order valence-corrected chi connectivity index (χ4v) is 4.51. The van der Waals surface area contributed by atoms with E-state index in [0.29, 0.717) is 23.5 Å². The van der Waals surface area contributed by atoms with E-state index in [4.69, 9.17) is 16.2 Å². The highest BCUT2D eigenvalue weighted by molar-refractivity contribution is 7.96. The van der Waals surface area contributed by atoms with Gasteiger partial charge in [-0.25, -0.2) is 15.0 Å². The van der Waals surface area contributed by atoms with Crippen LogP contribution in [0.25, 0.3) is 11.2 Å². The zero-order valence-corrected chi connectivity index (χ0v) is 14.3. The van der Waals surface area contributed by atoms with Crippen LogP contribution < -0.4 is 11.5 Å². The lowest BCUT2D eigenvalue weighted by Gasteiger charge is -2.16. The van der Waals surface area contributed by atoms with E-state index in [0.717, 1.165) is 12.2 Å². The standard InChI is InChI=1S/C14H23N6O3S/c1-24(4-2-3-15)5-8-10(21)11(22)14(23-8)20-7-19-9-12(16)17-6-18-13(9)20/h6-8,10-11,14,21-22H,2-5,15H2,1H3,(H2,16,17,18)/q+1. The highest BCUT2D eigenvalue weighted by Crippen LogP contribution is 2.32. The summed E-state index contributed by atoms with van der Waals surface area (Å²) in [7, 11) is 0.0655. The lowest BCUT2D eigenvalue weighted by molar-refractivity contribution is -0.0290. The molecule has 0 saturated carbocycles. The number of nitrogens with zero attached hydrogens (tertiary/aromatic N) is 4. The number of rotatable bonds is 6. The van der Waals surface area contributed by atoms with Gasteiger partial charge in [-0.05, 0) is 17.4 Å². The zero-order valence-electron chi connectivity index (χ0n) is 13.4. The predicted octanol–water partition coefficient (Wildman–Crippen LogP) is -1.38. The van der Waals surface area contributed by atoms with Gasteiger partial charge in [-0.15, -0.1) is 0 Å². The maximum atomic E-state index is 10.4. The van der Waals surface area contributed by atoms with E-state index >= 15 is 0 Å². The minimum Gasteiger partial charge on any atom is -0.387 e. The number of aliphatic hydroxyl groups is 2. The van der Waals surface area contributed by atoms with E-state index < -0.39 is 24.5 Å². The number of nitrogen functional groups attached to an aromatic ring is 1. The van der Waals surface area contributed by atoms with Gasteiger partial charge in [0.25, 0.3) is 0 Å². The van der Waals surface area contributed by atoms with Crippen LogP contribution in [0.3, 0.4) is 0 Å². The van der Waals surface area contributed by atoms with E-state index in [1.807, 2.05) is 0 Å². The van der Waals surface area contributed by atoms with E-state index in [9.17, 15) is 10.2 Å². The summed E-state index contributed by atoms with van der Waals surface area (Å²) in [6.45, 7) is 0.652. The number of hydrogen-bond acceptors (Lipinski definition) is 8. The van der Waals surface area contributed by atoms with Crippen molar-refractivity contribution in [3.8, 4) is 0 Å². The number of imidazole rings is 1. The molecular weight excluding hydrogens is 332 g/mol. The largest absolute Gasteiger partial charge is 0.387 e. The molecule has 1 fully saturated rings. The number of aromatic nitrogens is 4. The molecule has 0 radical (unpaired) electrons. The first-order chi connectivity index (χ1) is 11.5. The second kappa shape index (κ2) is 7.19. The minimum absolute atomic E-state index is 0.0655. The number of ether oxygens (including phenoxy) is 1. The molecule has 0 bridgehead atoms. The van der Waals surface area contributed by atoms with Crippen LogP contribution in [0.5, 0.6) is 0 Å². The van der Waals surface area contributed by atoms with Gasteiger partial charge in [-0.3, -0.25) is 4.57 Å². The number of aliphatic hydroxyl groups excluding tert-OH is 2. The topological polar surface area (TPSA) is 145 Å². The summed E-state index contributed by atoms with van der Waals surface area (Å²) in [6.07, 6.45) is 2.68. The van der Waals surface area contributed by atoms with Crippen molar-refractivity contribution in [2.75, 3.05) is 30.0 Å². The number of nitrogens with two attached hydrogens (primary N) is 2. The fraction of sp³-hybridized carbons (Fsp3) is 0.643. The highest BCUT2D eigenvalue weighted by Gasteiger charge is 2.46. The van der Waals surface area contributed by atoms with Crippen molar-refractivity contribution in [3.63, 3.8) is 0 Å². The number of anilines is 1. The van der Waals surface area contributed by atoms with E-state index in [2.05, 4.69) is 21.2 Å². The van der Waals surface area contributed by atoms with Crippen LogP contribution in [0.15, 0.2) is 12.7 Å². The molecule has 2 aromatic rings. The Morgan fingerprint density at radius 3 is 2.83 bits per heavy atom. The van der Waals surface area contributed by atoms with Crippen molar-refractivity contribution in [3.05, 3.63) is 12.7 Å². The fourth-order valence-electron chi connectivity index (χ4n) is 2.85. The Hall–Kier alpha value is -1.46. The Kier molecular flexibility index (Phi) is 5.21. The van der Waals surface area contributed by atoms with Gasteiger partial charge in [-0.1, -0.05) is 0 Å². The molecule has 0 spiro atoms. The first-order valence-corrected chi connectivity index (χ1v) is 9.74. The average molecular weight is 355 g/mol. The van der Waals surface area contributed by atoms with E-state index in [1.165, 1.54) is 12.7 Å². The van der Waals surface area contributed by atoms with Gasteiger partial charge >= 0.3 is 0 Å². The first kappa shape index (κ1) is 17.4. The molecule has 132 valence electrons. The first-order valence-electron chi connectivity index (χ1n) is 7.76. The molecule has 3 rings (SSSR count). The van der Waals surface area contributed by atoms with Crippen molar-refractivity contribution >= 4 is 27.9 Å². The van der Waals surface area contributed by atoms with Crippen LogP contribution in [0, 0.1) is 0 Å². The smallest absolute Gasteiger partial charge is 0.167 e. The van der Waals surface area contributed by atoms with Crippen LogP contribution in [0.2, 0.25) is 0 Å². The summed E-state index contributed by atoms with van der Waals surface area (Å²) in [6, 6.07) is 0. The van der Waals surface area contributed by atoms with Gasteiger partial charge in [0.05, 0.1) is 12.6 Å². The molecule has 1 saturated heterocycles. The Labute approximate surface area is 142 Å². The lowest BCUT2D eigenvalue weighted by atomic mass is 10.1.